The van der Waals surface area contributed by atoms with E-state index in [1.807, 2.05) is 51.9 Å². The maximum atomic E-state index is 4.76. The monoisotopic (exact) mass is 404 g/mol. The van der Waals surface area contributed by atoms with Crippen molar-refractivity contribution in [3.8, 4) is 5.69 Å². The fraction of sp³-hybridized carbons (Fsp3) is 0.200. The van der Waals surface area contributed by atoms with Gasteiger partial charge in [-0.25, -0.2) is 9.97 Å². The van der Waals surface area contributed by atoms with Crippen LogP contribution in [-0.4, -0.2) is 35.6 Å². The Kier molecular flexibility index (Phi) is 4.36. The fourth-order valence-electron chi connectivity index (χ4n) is 3.26. The van der Waals surface area contributed by atoms with Crippen LogP contribution in [-0.2, 0) is 7.05 Å². The number of aryl methyl sites for hydroxylation is 1. The van der Waals surface area contributed by atoms with Crippen LogP contribution in [0.2, 0.25) is 0 Å². The van der Waals surface area contributed by atoms with Crippen LogP contribution in [0.5, 0.6) is 0 Å². The average molecular weight is 405 g/mol. The van der Waals surface area contributed by atoms with Crippen LogP contribution in [0.3, 0.4) is 0 Å². The summed E-state index contributed by atoms with van der Waals surface area (Å²) in [4.78, 5) is 18.7. The van der Waals surface area contributed by atoms with Crippen LogP contribution in [0.1, 0.15) is 13.3 Å². The summed E-state index contributed by atoms with van der Waals surface area (Å²) in [5, 5.41) is 10.8. The van der Waals surface area contributed by atoms with Gasteiger partial charge in [-0.3, -0.25) is 9.88 Å². The minimum atomic E-state index is 0.478. The molecule has 9 heteroatoms. The van der Waals surface area contributed by atoms with E-state index in [0.29, 0.717) is 17.7 Å². The summed E-state index contributed by atoms with van der Waals surface area (Å²) in [6, 6.07) is 10.1. The Morgan fingerprint density at radius 3 is 2.79 bits per heavy atom. The van der Waals surface area contributed by atoms with Gasteiger partial charge in [0.2, 0.25) is 11.9 Å². The van der Waals surface area contributed by atoms with Gasteiger partial charge in [-0.2, -0.15) is 21.3 Å². The van der Waals surface area contributed by atoms with Crippen molar-refractivity contribution in [3.63, 3.8) is 0 Å². The highest BCUT2D eigenvalue weighted by atomic mass is 32.1. The molecule has 146 valence electrons. The predicted octanol–water partition coefficient (Wildman–Crippen LogP) is 4.33. The first kappa shape index (κ1) is 17.6. The zero-order chi connectivity index (χ0) is 19.8. The lowest BCUT2D eigenvalue weighted by Gasteiger charge is -2.10. The molecule has 0 atom stereocenters. The summed E-state index contributed by atoms with van der Waals surface area (Å²) in [6.45, 7) is 2.93. The van der Waals surface area contributed by atoms with Crippen LogP contribution in [0.25, 0.3) is 27.9 Å². The molecule has 0 fully saturated rings. The first-order valence-electron chi connectivity index (χ1n) is 9.44. The molecule has 0 bridgehead atoms. The number of fused-ring (bicyclic) bond motifs is 2. The van der Waals surface area contributed by atoms with E-state index in [2.05, 4.69) is 37.9 Å². The van der Waals surface area contributed by atoms with E-state index in [1.54, 1.807) is 17.7 Å². The van der Waals surface area contributed by atoms with Crippen molar-refractivity contribution < 1.29 is 0 Å². The highest BCUT2D eigenvalue weighted by Crippen LogP contribution is 2.26. The molecular weight excluding hydrogens is 384 g/mol. The normalized spacial score (nSPS) is 11.4. The van der Waals surface area contributed by atoms with Gasteiger partial charge in [-0.05, 0) is 30.0 Å². The van der Waals surface area contributed by atoms with E-state index in [4.69, 9.17) is 4.98 Å². The quantitative estimate of drug-likeness (QED) is 0.438. The van der Waals surface area contributed by atoms with E-state index in [9.17, 15) is 0 Å². The maximum absolute atomic E-state index is 4.76. The molecule has 8 nitrogen and oxygen atoms in total. The molecule has 0 aliphatic rings. The molecule has 0 radical (unpaired) electrons. The summed E-state index contributed by atoms with van der Waals surface area (Å²) in [5.41, 5.74) is 4.50. The van der Waals surface area contributed by atoms with Gasteiger partial charge in [-0.15, -0.1) is 0 Å². The molecule has 1 aromatic carbocycles. The van der Waals surface area contributed by atoms with Crippen molar-refractivity contribution in [2.45, 2.75) is 13.3 Å². The van der Waals surface area contributed by atoms with E-state index in [1.165, 1.54) is 0 Å². The Bertz CT molecular complexity index is 1290. The number of nitrogens with one attached hydrogen (secondary N) is 2. The Morgan fingerprint density at radius 1 is 1.10 bits per heavy atom. The second-order valence-corrected chi connectivity index (χ2v) is 7.48. The van der Waals surface area contributed by atoms with E-state index in [0.717, 1.165) is 40.9 Å². The second kappa shape index (κ2) is 7.17. The number of hydrogen-bond acceptors (Lipinski definition) is 7. The third-order valence-electron chi connectivity index (χ3n) is 4.73. The number of benzene rings is 1. The summed E-state index contributed by atoms with van der Waals surface area (Å²) in [7, 11) is 1.97. The van der Waals surface area contributed by atoms with E-state index < -0.39 is 0 Å². The molecule has 2 N–H and O–H groups in total. The van der Waals surface area contributed by atoms with Gasteiger partial charge in [0.25, 0.3) is 0 Å². The second-order valence-electron chi connectivity index (χ2n) is 6.70. The van der Waals surface area contributed by atoms with Gasteiger partial charge in [0.15, 0.2) is 17.0 Å². The molecule has 0 spiro atoms. The van der Waals surface area contributed by atoms with Crippen LogP contribution in [0, 0.1) is 0 Å². The number of aromatic nitrogens is 6. The lowest BCUT2D eigenvalue weighted by Crippen LogP contribution is -2.08. The van der Waals surface area contributed by atoms with Gasteiger partial charge in [0.05, 0.1) is 16.7 Å². The third-order valence-corrected chi connectivity index (χ3v) is 5.40. The number of anilines is 3. The standard InChI is InChI=1S/C20H20N8S/c1-3-9-21-17-16-18(28(12-22-16)13-8-10-29-11-13)25-19(24-17)26-20-23-14-6-4-5-7-15(14)27(20)2/h4-8,10-12H,3,9H2,1-2H3,(H2,21,23,24,25,26). The van der Waals surface area contributed by atoms with Crippen LogP contribution in [0.4, 0.5) is 17.7 Å². The van der Waals surface area contributed by atoms with Crippen molar-refractivity contribution >= 4 is 51.2 Å². The van der Waals surface area contributed by atoms with Crippen LogP contribution in [0.15, 0.2) is 47.4 Å². The van der Waals surface area contributed by atoms with Gasteiger partial charge in [0.1, 0.15) is 6.33 Å². The molecule has 5 aromatic rings. The van der Waals surface area contributed by atoms with Crippen molar-refractivity contribution in [3.05, 3.63) is 47.4 Å². The van der Waals surface area contributed by atoms with Gasteiger partial charge in [0, 0.05) is 19.0 Å². The zero-order valence-corrected chi connectivity index (χ0v) is 16.9. The molecule has 0 saturated carbocycles. The lowest BCUT2D eigenvalue weighted by atomic mass is 10.3. The van der Waals surface area contributed by atoms with Crippen molar-refractivity contribution in [1.29, 1.82) is 0 Å². The molecule has 4 heterocycles. The summed E-state index contributed by atoms with van der Waals surface area (Å²) >= 11 is 1.64. The molecule has 5 rings (SSSR count). The van der Waals surface area contributed by atoms with Crippen LogP contribution < -0.4 is 10.6 Å². The maximum Gasteiger partial charge on any atom is 0.233 e. The lowest BCUT2D eigenvalue weighted by molar-refractivity contribution is 0.946. The Hall–Kier alpha value is -3.46. The molecular formula is C20H20N8S. The number of para-hydroxylation sites is 2. The Labute approximate surface area is 171 Å². The number of thiophene rings is 1. The van der Waals surface area contributed by atoms with Crippen molar-refractivity contribution in [1.82, 2.24) is 29.1 Å². The fourth-order valence-corrected chi connectivity index (χ4v) is 3.89. The molecule has 0 unspecified atom stereocenters. The number of rotatable bonds is 6. The zero-order valence-electron chi connectivity index (χ0n) is 16.1. The van der Waals surface area contributed by atoms with Gasteiger partial charge in [-0.1, -0.05) is 19.1 Å². The molecule has 0 aliphatic heterocycles. The van der Waals surface area contributed by atoms with Crippen molar-refractivity contribution in [2.75, 3.05) is 17.2 Å². The Balaban J connectivity index is 1.62. The first-order chi connectivity index (χ1) is 14.2. The number of nitrogens with zero attached hydrogens (tertiary/aromatic N) is 6. The molecule has 0 saturated heterocycles. The van der Waals surface area contributed by atoms with Gasteiger partial charge < -0.3 is 9.88 Å². The van der Waals surface area contributed by atoms with Gasteiger partial charge >= 0.3 is 0 Å². The molecule has 0 amide bonds. The first-order valence-corrected chi connectivity index (χ1v) is 10.4. The summed E-state index contributed by atoms with van der Waals surface area (Å²) < 4.78 is 3.98. The van der Waals surface area contributed by atoms with Crippen molar-refractivity contribution in [2.24, 2.45) is 7.05 Å². The molecule has 4 aromatic heterocycles. The highest BCUT2D eigenvalue weighted by Gasteiger charge is 2.16. The van der Waals surface area contributed by atoms with E-state index >= 15 is 0 Å². The predicted molar refractivity (Wildman–Crippen MR) is 117 cm³/mol. The summed E-state index contributed by atoms with van der Waals surface area (Å²) in [5.74, 6) is 1.88. The largest absolute Gasteiger partial charge is 0.368 e. The van der Waals surface area contributed by atoms with Crippen LogP contribution >= 0.6 is 11.3 Å². The molecule has 29 heavy (non-hydrogen) atoms. The minimum Gasteiger partial charge on any atom is -0.368 e. The topological polar surface area (TPSA) is 85.5 Å². The smallest absolute Gasteiger partial charge is 0.233 e. The average Bonchev–Trinajstić information content (AvgIpc) is 3.46. The number of hydrogen-bond donors (Lipinski definition) is 2. The third kappa shape index (κ3) is 3.09. The molecule has 0 aliphatic carbocycles. The highest BCUT2D eigenvalue weighted by molar-refractivity contribution is 7.08. The SMILES string of the molecule is CCCNc1nc(Nc2nc3ccccc3n2C)nc2c1ncn2-c1ccsc1. The van der Waals surface area contributed by atoms with E-state index in [-0.39, 0.29) is 0 Å². The number of imidazole rings is 2. The summed E-state index contributed by atoms with van der Waals surface area (Å²) in [6.07, 6.45) is 2.78. The Morgan fingerprint density at radius 2 is 2.00 bits per heavy atom. The minimum absolute atomic E-state index is 0.478.